The van der Waals surface area contributed by atoms with Crippen LogP contribution in [0.4, 0.5) is 5.69 Å². The molecular weight excluding hydrogens is 244 g/mol. The van der Waals surface area contributed by atoms with E-state index in [1.54, 1.807) is 24.3 Å². The third-order valence-corrected chi connectivity index (χ3v) is 2.98. The molecule has 5 nitrogen and oxygen atoms in total. The summed E-state index contributed by atoms with van der Waals surface area (Å²) in [5.41, 5.74) is 6.94. The molecule has 0 saturated carbocycles. The monoisotopic (exact) mass is 264 g/mol. The number of aliphatic carboxylic acids is 1. The van der Waals surface area contributed by atoms with Crippen molar-refractivity contribution < 1.29 is 14.7 Å². The first-order chi connectivity index (χ1) is 9.05. The lowest BCUT2D eigenvalue weighted by Gasteiger charge is -2.12. The molecule has 0 aliphatic carbocycles. The summed E-state index contributed by atoms with van der Waals surface area (Å²) in [6.45, 7) is 2.51. The fourth-order valence-electron chi connectivity index (χ4n) is 1.75. The Hall–Kier alpha value is -1.88. The summed E-state index contributed by atoms with van der Waals surface area (Å²) in [6, 6.07) is 6.81. The van der Waals surface area contributed by atoms with E-state index in [0.717, 1.165) is 6.42 Å². The minimum Gasteiger partial charge on any atom is -0.481 e. The summed E-state index contributed by atoms with van der Waals surface area (Å²) in [4.78, 5) is 22.3. The number of rotatable bonds is 7. The summed E-state index contributed by atoms with van der Waals surface area (Å²) < 4.78 is 0. The van der Waals surface area contributed by atoms with E-state index in [1.807, 2.05) is 6.92 Å². The molecule has 0 bridgehead atoms. The Morgan fingerprint density at radius 1 is 1.32 bits per heavy atom. The number of hydrogen-bond acceptors (Lipinski definition) is 3. The maximum absolute atomic E-state index is 11.7. The predicted molar refractivity (Wildman–Crippen MR) is 73.9 cm³/mol. The molecule has 104 valence electrons. The Morgan fingerprint density at radius 2 is 1.95 bits per heavy atom. The Balaban J connectivity index is 2.53. The van der Waals surface area contributed by atoms with Gasteiger partial charge in [0.25, 0.3) is 0 Å². The molecule has 1 amide bonds. The van der Waals surface area contributed by atoms with Crippen LogP contribution in [0.3, 0.4) is 0 Å². The van der Waals surface area contributed by atoms with E-state index in [2.05, 4.69) is 5.32 Å². The third kappa shape index (κ3) is 5.52. The second-order valence-electron chi connectivity index (χ2n) is 4.53. The number of carboxylic acids is 1. The zero-order valence-corrected chi connectivity index (χ0v) is 11.1. The fraction of sp³-hybridized carbons (Fsp3) is 0.429. The second-order valence-corrected chi connectivity index (χ2v) is 4.53. The maximum Gasteiger partial charge on any atom is 0.307 e. The van der Waals surface area contributed by atoms with Gasteiger partial charge in [0.05, 0.1) is 6.42 Å². The first kappa shape index (κ1) is 15.2. The highest BCUT2D eigenvalue weighted by Crippen LogP contribution is 2.12. The van der Waals surface area contributed by atoms with Gasteiger partial charge < -0.3 is 16.2 Å². The van der Waals surface area contributed by atoms with Crippen LogP contribution in [-0.2, 0) is 16.0 Å². The molecular formula is C14H20N2O3. The van der Waals surface area contributed by atoms with Crippen molar-refractivity contribution in [2.24, 2.45) is 11.7 Å². The standard InChI is InChI=1S/C14H20N2O3/c1-2-10(9-15)7-13(17)16-12-5-3-11(4-6-12)8-14(18)19/h3-6,10H,2,7-9,15H2,1H3,(H,16,17)(H,18,19). The van der Waals surface area contributed by atoms with Crippen molar-refractivity contribution in [1.82, 2.24) is 0 Å². The largest absolute Gasteiger partial charge is 0.481 e. The molecule has 0 aliphatic rings. The number of carboxylic acid groups (broad SMARTS) is 1. The van der Waals surface area contributed by atoms with Gasteiger partial charge in [0.1, 0.15) is 0 Å². The average Bonchev–Trinajstić information content (AvgIpc) is 2.37. The van der Waals surface area contributed by atoms with Gasteiger partial charge in [-0.15, -0.1) is 0 Å². The molecule has 19 heavy (non-hydrogen) atoms. The lowest BCUT2D eigenvalue weighted by atomic mass is 10.0. The summed E-state index contributed by atoms with van der Waals surface area (Å²) in [5, 5.41) is 11.4. The van der Waals surface area contributed by atoms with Gasteiger partial charge in [-0.05, 0) is 30.2 Å². The number of amides is 1. The van der Waals surface area contributed by atoms with Crippen LogP contribution in [0.2, 0.25) is 0 Å². The van der Waals surface area contributed by atoms with E-state index < -0.39 is 5.97 Å². The van der Waals surface area contributed by atoms with Crippen LogP contribution >= 0.6 is 0 Å². The van der Waals surface area contributed by atoms with E-state index in [4.69, 9.17) is 10.8 Å². The Bertz CT molecular complexity index is 425. The third-order valence-electron chi connectivity index (χ3n) is 2.98. The van der Waals surface area contributed by atoms with Crippen LogP contribution < -0.4 is 11.1 Å². The number of nitrogens with one attached hydrogen (secondary N) is 1. The van der Waals surface area contributed by atoms with Crippen LogP contribution in [0, 0.1) is 5.92 Å². The molecule has 0 spiro atoms. The van der Waals surface area contributed by atoms with E-state index in [-0.39, 0.29) is 18.2 Å². The van der Waals surface area contributed by atoms with Gasteiger partial charge in [0, 0.05) is 12.1 Å². The molecule has 4 N–H and O–H groups in total. The highest BCUT2D eigenvalue weighted by molar-refractivity contribution is 5.90. The van der Waals surface area contributed by atoms with E-state index >= 15 is 0 Å². The van der Waals surface area contributed by atoms with Gasteiger partial charge in [-0.25, -0.2) is 0 Å². The normalized spacial score (nSPS) is 11.9. The fourth-order valence-corrected chi connectivity index (χ4v) is 1.75. The zero-order chi connectivity index (χ0) is 14.3. The molecule has 0 radical (unpaired) electrons. The first-order valence-corrected chi connectivity index (χ1v) is 6.35. The van der Waals surface area contributed by atoms with Crippen molar-refractivity contribution in [2.75, 3.05) is 11.9 Å². The number of benzene rings is 1. The molecule has 0 aliphatic heterocycles. The minimum atomic E-state index is -0.870. The summed E-state index contributed by atoms with van der Waals surface area (Å²) in [6.07, 6.45) is 1.27. The van der Waals surface area contributed by atoms with Crippen molar-refractivity contribution in [1.29, 1.82) is 0 Å². The molecule has 1 unspecified atom stereocenters. The van der Waals surface area contributed by atoms with Crippen LogP contribution in [0.15, 0.2) is 24.3 Å². The Labute approximate surface area is 112 Å². The number of nitrogens with two attached hydrogens (primary N) is 1. The molecule has 1 aromatic rings. The van der Waals surface area contributed by atoms with Crippen molar-refractivity contribution in [3.8, 4) is 0 Å². The Kier molecular flexibility index (Phi) is 6.02. The zero-order valence-electron chi connectivity index (χ0n) is 11.1. The van der Waals surface area contributed by atoms with E-state index in [0.29, 0.717) is 24.2 Å². The van der Waals surface area contributed by atoms with E-state index in [1.165, 1.54) is 0 Å². The highest BCUT2D eigenvalue weighted by atomic mass is 16.4. The summed E-state index contributed by atoms with van der Waals surface area (Å²) in [7, 11) is 0. The maximum atomic E-state index is 11.7. The second kappa shape index (κ2) is 7.53. The van der Waals surface area contributed by atoms with Crippen molar-refractivity contribution in [2.45, 2.75) is 26.2 Å². The van der Waals surface area contributed by atoms with Crippen LogP contribution in [0.5, 0.6) is 0 Å². The molecule has 0 aromatic heterocycles. The van der Waals surface area contributed by atoms with Crippen molar-refractivity contribution in [3.05, 3.63) is 29.8 Å². The van der Waals surface area contributed by atoms with Gasteiger partial charge in [-0.3, -0.25) is 9.59 Å². The van der Waals surface area contributed by atoms with Crippen molar-refractivity contribution in [3.63, 3.8) is 0 Å². The number of hydrogen-bond donors (Lipinski definition) is 3. The van der Waals surface area contributed by atoms with Crippen molar-refractivity contribution >= 4 is 17.6 Å². The SMILES string of the molecule is CCC(CN)CC(=O)Nc1ccc(CC(=O)O)cc1. The summed E-state index contributed by atoms with van der Waals surface area (Å²) in [5.74, 6) is -0.736. The highest BCUT2D eigenvalue weighted by Gasteiger charge is 2.10. The number of anilines is 1. The molecule has 5 heteroatoms. The van der Waals surface area contributed by atoms with Gasteiger partial charge in [0.15, 0.2) is 0 Å². The van der Waals surface area contributed by atoms with Crippen LogP contribution in [-0.4, -0.2) is 23.5 Å². The quantitative estimate of drug-likeness (QED) is 0.697. The molecule has 1 aromatic carbocycles. The van der Waals surface area contributed by atoms with Gasteiger partial charge in [-0.2, -0.15) is 0 Å². The van der Waals surface area contributed by atoms with Gasteiger partial charge in [-0.1, -0.05) is 25.5 Å². The smallest absolute Gasteiger partial charge is 0.307 e. The molecule has 0 saturated heterocycles. The Morgan fingerprint density at radius 3 is 2.42 bits per heavy atom. The molecule has 0 fully saturated rings. The topological polar surface area (TPSA) is 92.4 Å². The van der Waals surface area contributed by atoms with Gasteiger partial charge in [0.2, 0.25) is 5.91 Å². The van der Waals surface area contributed by atoms with E-state index in [9.17, 15) is 9.59 Å². The molecule has 1 atom stereocenters. The lowest BCUT2D eigenvalue weighted by molar-refractivity contribution is -0.136. The summed E-state index contributed by atoms with van der Waals surface area (Å²) >= 11 is 0. The predicted octanol–water partition coefficient (Wildman–Crippen LogP) is 1.63. The number of carbonyl (C=O) groups is 2. The first-order valence-electron chi connectivity index (χ1n) is 6.35. The van der Waals surface area contributed by atoms with Crippen LogP contribution in [0.1, 0.15) is 25.3 Å². The van der Waals surface area contributed by atoms with Gasteiger partial charge >= 0.3 is 5.97 Å². The molecule has 0 heterocycles. The minimum absolute atomic E-state index is 0.0146. The lowest BCUT2D eigenvalue weighted by Crippen LogP contribution is -2.21. The molecule has 1 rings (SSSR count). The number of carbonyl (C=O) groups excluding carboxylic acids is 1. The average molecular weight is 264 g/mol. The van der Waals surface area contributed by atoms with Crippen LogP contribution in [0.25, 0.3) is 0 Å².